The molecule has 1 aliphatic heterocycles. The van der Waals surface area contributed by atoms with Crippen LogP contribution in [0, 0.1) is 20.8 Å². The zero-order valence-corrected chi connectivity index (χ0v) is 10.6. The minimum atomic E-state index is 0.536. The van der Waals surface area contributed by atoms with E-state index < -0.39 is 0 Å². The predicted octanol–water partition coefficient (Wildman–Crippen LogP) is 2.99. The molecule has 0 fully saturated rings. The third-order valence-corrected chi connectivity index (χ3v) is 4.03. The molecular weight excluding hydrogens is 200 g/mol. The van der Waals surface area contributed by atoms with Crippen molar-refractivity contribution in [2.24, 2.45) is 0 Å². The lowest BCUT2D eigenvalue weighted by atomic mass is 9.93. The molecule has 1 aromatic rings. The van der Waals surface area contributed by atoms with Crippen molar-refractivity contribution in [1.82, 2.24) is 0 Å². The molecule has 2 rings (SSSR count). The van der Waals surface area contributed by atoms with E-state index in [1.165, 1.54) is 27.8 Å². The van der Waals surface area contributed by atoms with Gasteiger partial charge in [0, 0.05) is 6.61 Å². The van der Waals surface area contributed by atoms with Gasteiger partial charge >= 0.3 is 0 Å². The summed E-state index contributed by atoms with van der Waals surface area (Å²) in [5, 5.41) is 0. The quantitative estimate of drug-likeness (QED) is 0.656. The van der Waals surface area contributed by atoms with Crippen molar-refractivity contribution >= 4 is 15.3 Å². The highest BCUT2D eigenvalue weighted by atomic mass is 28.2. The lowest BCUT2D eigenvalue weighted by molar-refractivity contribution is 0.347. The van der Waals surface area contributed by atoms with Gasteiger partial charge in [-0.15, -0.1) is 0 Å². The standard InChI is InChI=1S/C13H16OSi/c1-9-4-5-13(11(3)10(9)2)12-6-7-14-15-8-12/h4-5,8H,6-7H2,1-3H3. The molecule has 0 aromatic heterocycles. The topological polar surface area (TPSA) is 9.23 Å². The molecule has 0 unspecified atom stereocenters. The molecule has 0 N–H and O–H groups in total. The summed E-state index contributed by atoms with van der Waals surface area (Å²) in [5.41, 5.74) is 9.33. The molecule has 1 heterocycles. The van der Waals surface area contributed by atoms with Gasteiger partial charge in [0.2, 0.25) is 0 Å². The highest BCUT2D eigenvalue weighted by molar-refractivity contribution is 6.37. The van der Waals surface area contributed by atoms with Crippen LogP contribution in [0.1, 0.15) is 28.7 Å². The van der Waals surface area contributed by atoms with Crippen molar-refractivity contribution in [2.45, 2.75) is 27.2 Å². The van der Waals surface area contributed by atoms with Crippen LogP contribution in [0.25, 0.3) is 5.57 Å². The summed E-state index contributed by atoms with van der Waals surface area (Å²) in [5.74, 6) is 0. The number of aryl methyl sites for hydroxylation is 1. The van der Waals surface area contributed by atoms with Crippen LogP contribution in [0.4, 0.5) is 0 Å². The van der Waals surface area contributed by atoms with Crippen LogP contribution in [-0.4, -0.2) is 16.4 Å². The van der Waals surface area contributed by atoms with Crippen LogP contribution in [0.2, 0.25) is 0 Å². The van der Waals surface area contributed by atoms with Gasteiger partial charge in [0.25, 0.3) is 9.76 Å². The van der Waals surface area contributed by atoms with Gasteiger partial charge in [0.05, 0.1) is 0 Å². The van der Waals surface area contributed by atoms with E-state index in [0.29, 0.717) is 9.76 Å². The van der Waals surface area contributed by atoms with Crippen LogP contribution in [0.3, 0.4) is 0 Å². The molecule has 1 aliphatic rings. The van der Waals surface area contributed by atoms with Crippen molar-refractivity contribution in [3.63, 3.8) is 0 Å². The number of hydrogen-bond acceptors (Lipinski definition) is 1. The lowest BCUT2D eigenvalue weighted by Crippen LogP contribution is -2.08. The maximum atomic E-state index is 5.37. The van der Waals surface area contributed by atoms with Crippen molar-refractivity contribution in [2.75, 3.05) is 6.61 Å². The Labute approximate surface area is 94.1 Å². The maximum absolute atomic E-state index is 5.37. The molecule has 15 heavy (non-hydrogen) atoms. The van der Waals surface area contributed by atoms with Gasteiger partial charge in [0.15, 0.2) is 0 Å². The van der Waals surface area contributed by atoms with Crippen LogP contribution >= 0.6 is 0 Å². The van der Waals surface area contributed by atoms with E-state index in [0.717, 1.165) is 13.0 Å². The van der Waals surface area contributed by atoms with Crippen LogP contribution < -0.4 is 0 Å². The Morgan fingerprint density at radius 2 is 1.93 bits per heavy atom. The molecule has 0 atom stereocenters. The minimum absolute atomic E-state index is 0.536. The Morgan fingerprint density at radius 3 is 2.60 bits per heavy atom. The second-order valence-corrected chi connectivity index (χ2v) is 4.88. The van der Waals surface area contributed by atoms with E-state index in [9.17, 15) is 0 Å². The van der Waals surface area contributed by atoms with Gasteiger partial charge in [-0.25, -0.2) is 0 Å². The summed E-state index contributed by atoms with van der Waals surface area (Å²) in [7, 11) is 0.536. The Bertz CT molecular complexity index is 407. The van der Waals surface area contributed by atoms with Gasteiger partial charge < -0.3 is 4.43 Å². The fraction of sp³-hybridized carbons (Fsp3) is 0.385. The first-order chi connectivity index (χ1) is 7.20. The van der Waals surface area contributed by atoms with E-state index in [1.807, 2.05) is 0 Å². The van der Waals surface area contributed by atoms with Crippen molar-refractivity contribution in [3.05, 3.63) is 40.1 Å². The molecule has 0 aliphatic carbocycles. The fourth-order valence-electron chi connectivity index (χ4n) is 1.92. The average Bonchev–Trinajstić information content (AvgIpc) is 2.27. The molecule has 0 amide bonds. The van der Waals surface area contributed by atoms with E-state index in [-0.39, 0.29) is 0 Å². The number of hydrogen-bond donors (Lipinski definition) is 0. The van der Waals surface area contributed by atoms with Gasteiger partial charge in [-0.3, -0.25) is 0 Å². The van der Waals surface area contributed by atoms with Crippen LogP contribution in [0.15, 0.2) is 17.8 Å². The number of benzene rings is 1. The third kappa shape index (κ3) is 2.06. The minimum Gasteiger partial charge on any atom is -0.412 e. The summed E-state index contributed by atoms with van der Waals surface area (Å²) in [6, 6.07) is 4.47. The van der Waals surface area contributed by atoms with E-state index in [1.54, 1.807) is 0 Å². The summed E-state index contributed by atoms with van der Waals surface area (Å²) in [4.78, 5) is 0. The summed E-state index contributed by atoms with van der Waals surface area (Å²) in [6.07, 6.45) is 1.05. The second kappa shape index (κ2) is 4.33. The Balaban J connectivity index is 2.44. The van der Waals surface area contributed by atoms with Crippen molar-refractivity contribution < 1.29 is 4.43 Å². The monoisotopic (exact) mass is 216 g/mol. The van der Waals surface area contributed by atoms with Crippen molar-refractivity contribution in [3.8, 4) is 0 Å². The molecular formula is C13H16OSi. The molecule has 1 aromatic carbocycles. The first kappa shape index (κ1) is 10.6. The zero-order chi connectivity index (χ0) is 10.8. The molecule has 2 radical (unpaired) electrons. The second-order valence-electron chi connectivity index (χ2n) is 4.07. The molecule has 1 nitrogen and oxygen atoms in total. The summed E-state index contributed by atoms with van der Waals surface area (Å²) in [6.45, 7) is 7.47. The van der Waals surface area contributed by atoms with E-state index in [2.05, 4.69) is 38.6 Å². The fourth-order valence-corrected chi connectivity index (χ4v) is 2.67. The summed E-state index contributed by atoms with van der Waals surface area (Å²) >= 11 is 0. The summed E-state index contributed by atoms with van der Waals surface area (Å²) < 4.78 is 5.37. The normalized spacial score (nSPS) is 16.3. The SMILES string of the molecule is Cc1ccc(C2=C[Si]OCC2)c(C)c1C. The average molecular weight is 216 g/mol. The van der Waals surface area contributed by atoms with E-state index >= 15 is 0 Å². The molecule has 0 saturated heterocycles. The lowest BCUT2D eigenvalue weighted by Gasteiger charge is -2.17. The van der Waals surface area contributed by atoms with Gasteiger partial charge in [-0.2, -0.15) is 0 Å². The predicted molar refractivity (Wildman–Crippen MR) is 65.0 cm³/mol. The number of rotatable bonds is 1. The van der Waals surface area contributed by atoms with Crippen LogP contribution in [0.5, 0.6) is 0 Å². The Morgan fingerprint density at radius 1 is 1.13 bits per heavy atom. The molecule has 2 heteroatoms. The first-order valence-corrected chi connectivity index (χ1v) is 6.32. The first-order valence-electron chi connectivity index (χ1n) is 5.33. The van der Waals surface area contributed by atoms with Gasteiger partial charge in [0.1, 0.15) is 0 Å². The highest BCUT2D eigenvalue weighted by Gasteiger charge is 2.11. The van der Waals surface area contributed by atoms with Gasteiger partial charge in [-0.1, -0.05) is 17.8 Å². The Kier molecular flexibility index (Phi) is 3.07. The van der Waals surface area contributed by atoms with Crippen molar-refractivity contribution in [1.29, 1.82) is 0 Å². The maximum Gasteiger partial charge on any atom is 0.260 e. The largest absolute Gasteiger partial charge is 0.412 e. The third-order valence-electron chi connectivity index (χ3n) is 3.19. The molecule has 0 bridgehead atoms. The highest BCUT2D eigenvalue weighted by Crippen LogP contribution is 2.27. The smallest absolute Gasteiger partial charge is 0.260 e. The van der Waals surface area contributed by atoms with Crippen LogP contribution in [-0.2, 0) is 4.43 Å². The zero-order valence-electron chi connectivity index (χ0n) is 9.55. The molecule has 0 saturated carbocycles. The Hall–Kier alpha value is -0.863. The van der Waals surface area contributed by atoms with Gasteiger partial charge in [-0.05, 0) is 55.0 Å². The molecule has 0 spiro atoms. The van der Waals surface area contributed by atoms with E-state index in [4.69, 9.17) is 4.43 Å². The molecule has 78 valence electrons.